The molecular weight excluding hydrogens is 120 g/mol. The summed E-state index contributed by atoms with van der Waals surface area (Å²) in [5.41, 5.74) is 6.44. The van der Waals surface area contributed by atoms with E-state index in [1.807, 2.05) is 0 Å². The minimum atomic E-state index is 0.301. The van der Waals surface area contributed by atoms with Gasteiger partial charge in [0.15, 0.2) is 0 Å². The fourth-order valence-corrected chi connectivity index (χ4v) is 0.696. The second kappa shape index (κ2) is 1.28. The Morgan fingerprint density at radius 1 is 1.56 bits per heavy atom. The molecular formula is C5H4N2O2. The molecule has 2 N–H and O–H groups in total. The summed E-state index contributed by atoms with van der Waals surface area (Å²) in [6.45, 7) is 0. The van der Waals surface area contributed by atoms with Gasteiger partial charge >= 0.3 is 0 Å². The predicted octanol–water partition coefficient (Wildman–Crippen LogP) is 1.00. The van der Waals surface area contributed by atoms with Crippen LogP contribution in [0.4, 0.5) is 5.82 Å². The number of nitrogens with zero attached hydrogens (tertiary/aromatic N) is 1. The first-order chi connectivity index (χ1) is 4.38. The Labute approximate surface area is 50.2 Å². The molecule has 0 saturated heterocycles. The fraction of sp³-hybridized carbons (Fsp3) is 0. The van der Waals surface area contributed by atoms with Crippen LogP contribution in [0.15, 0.2) is 21.3 Å². The van der Waals surface area contributed by atoms with Crippen molar-refractivity contribution in [2.24, 2.45) is 0 Å². The number of rotatable bonds is 0. The number of anilines is 1. The third-order valence-electron chi connectivity index (χ3n) is 1.10. The molecule has 0 aliphatic rings. The standard InChI is InChI=1S/C5H4N2O2/c6-5-4-3(9-7-5)1-2-8-4/h1-2H,(H2,6,7). The van der Waals surface area contributed by atoms with E-state index in [9.17, 15) is 0 Å². The van der Waals surface area contributed by atoms with Crippen LogP contribution in [-0.2, 0) is 0 Å². The van der Waals surface area contributed by atoms with Gasteiger partial charge in [0, 0.05) is 6.07 Å². The first-order valence-corrected chi connectivity index (χ1v) is 2.46. The monoisotopic (exact) mass is 124 g/mol. The van der Waals surface area contributed by atoms with Crippen molar-refractivity contribution >= 4 is 17.0 Å². The molecule has 2 aromatic rings. The maximum Gasteiger partial charge on any atom is 0.217 e. The summed E-state index contributed by atoms with van der Waals surface area (Å²) in [4.78, 5) is 0. The Balaban J connectivity index is 2.99. The van der Waals surface area contributed by atoms with E-state index in [0.717, 1.165) is 0 Å². The van der Waals surface area contributed by atoms with E-state index in [-0.39, 0.29) is 0 Å². The highest BCUT2D eigenvalue weighted by atomic mass is 16.5. The fourth-order valence-electron chi connectivity index (χ4n) is 0.696. The van der Waals surface area contributed by atoms with Gasteiger partial charge in [-0.05, 0) is 0 Å². The van der Waals surface area contributed by atoms with Crippen LogP contribution >= 0.6 is 0 Å². The smallest absolute Gasteiger partial charge is 0.217 e. The van der Waals surface area contributed by atoms with Crippen LogP contribution in [0.25, 0.3) is 11.2 Å². The van der Waals surface area contributed by atoms with Gasteiger partial charge in [-0.3, -0.25) is 0 Å². The molecule has 0 aromatic carbocycles. The molecule has 0 radical (unpaired) electrons. The van der Waals surface area contributed by atoms with E-state index in [1.165, 1.54) is 6.26 Å². The summed E-state index contributed by atoms with van der Waals surface area (Å²) in [6.07, 6.45) is 1.51. The second-order valence-corrected chi connectivity index (χ2v) is 1.68. The third kappa shape index (κ3) is 0.440. The topological polar surface area (TPSA) is 65.2 Å². The normalized spacial score (nSPS) is 10.7. The van der Waals surface area contributed by atoms with E-state index >= 15 is 0 Å². The van der Waals surface area contributed by atoms with Crippen molar-refractivity contribution in [1.82, 2.24) is 5.16 Å². The van der Waals surface area contributed by atoms with Crippen molar-refractivity contribution in [3.8, 4) is 0 Å². The zero-order chi connectivity index (χ0) is 6.27. The summed E-state index contributed by atoms with van der Waals surface area (Å²) < 4.78 is 9.63. The molecule has 0 fully saturated rings. The van der Waals surface area contributed by atoms with Crippen LogP contribution in [0.5, 0.6) is 0 Å². The molecule has 4 nitrogen and oxygen atoms in total. The first-order valence-electron chi connectivity index (χ1n) is 2.46. The predicted molar refractivity (Wildman–Crippen MR) is 30.7 cm³/mol. The maximum atomic E-state index is 5.32. The molecule has 0 saturated carbocycles. The quantitative estimate of drug-likeness (QED) is 0.569. The zero-order valence-corrected chi connectivity index (χ0v) is 4.50. The summed E-state index contributed by atoms with van der Waals surface area (Å²) in [7, 11) is 0. The van der Waals surface area contributed by atoms with Gasteiger partial charge in [0.2, 0.25) is 17.0 Å². The highest BCUT2D eigenvalue weighted by Crippen LogP contribution is 2.19. The molecule has 9 heavy (non-hydrogen) atoms. The lowest BCUT2D eigenvalue weighted by atomic mass is 10.5. The van der Waals surface area contributed by atoms with Gasteiger partial charge in [-0.1, -0.05) is 5.16 Å². The molecule has 4 heteroatoms. The Morgan fingerprint density at radius 2 is 2.44 bits per heavy atom. The van der Waals surface area contributed by atoms with Crippen LogP contribution < -0.4 is 5.73 Å². The number of hydrogen-bond acceptors (Lipinski definition) is 4. The SMILES string of the molecule is Nc1noc2ccoc12. The minimum absolute atomic E-state index is 0.301. The maximum absolute atomic E-state index is 5.32. The summed E-state index contributed by atoms with van der Waals surface area (Å²) in [5, 5.41) is 3.46. The molecule has 0 aliphatic carbocycles. The van der Waals surface area contributed by atoms with Crippen LogP contribution in [0.1, 0.15) is 0 Å². The lowest BCUT2D eigenvalue weighted by molar-refractivity contribution is 0.460. The van der Waals surface area contributed by atoms with E-state index < -0.39 is 0 Å². The number of hydrogen-bond donors (Lipinski definition) is 1. The Kier molecular flexibility index (Phi) is 0.631. The van der Waals surface area contributed by atoms with E-state index in [4.69, 9.17) is 14.7 Å². The van der Waals surface area contributed by atoms with Crippen LogP contribution in [0.3, 0.4) is 0 Å². The molecule has 2 aromatic heterocycles. The molecule has 0 spiro atoms. The average molecular weight is 124 g/mol. The third-order valence-corrected chi connectivity index (χ3v) is 1.10. The molecule has 0 unspecified atom stereocenters. The highest BCUT2D eigenvalue weighted by molar-refractivity contribution is 5.80. The van der Waals surface area contributed by atoms with Crippen LogP contribution in [-0.4, -0.2) is 5.16 Å². The summed E-state index contributed by atoms with van der Waals surface area (Å²) in [5.74, 6) is 0.301. The van der Waals surface area contributed by atoms with Crippen molar-refractivity contribution in [3.05, 3.63) is 12.3 Å². The van der Waals surface area contributed by atoms with Gasteiger partial charge in [-0.15, -0.1) is 0 Å². The van der Waals surface area contributed by atoms with Gasteiger partial charge in [0.1, 0.15) is 0 Å². The second-order valence-electron chi connectivity index (χ2n) is 1.68. The van der Waals surface area contributed by atoms with E-state index in [2.05, 4.69) is 5.16 Å². The van der Waals surface area contributed by atoms with Gasteiger partial charge in [0.25, 0.3) is 0 Å². The van der Waals surface area contributed by atoms with Crippen molar-refractivity contribution in [3.63, 3.8) is 0 Å². The minimum Gasteiger partial charge on any atom is -0.457 e. The number of aromatic nitrogens is 1. The van der Waals surface area contributed by atoms with Crippen molar-refractivity contribution in [2.45, 2.75) is 0 Å². The molecule has 0 amide bonds. The van der Waals surface area contributed by atoms with Gasteiger partial charge in [-0.25, -0.2) is 0 Å². The number of nitrogen functional groups attached to an aromatic ring is 1. The van der Waals surface area contributed by atoms with Crippen molar-refractivity contribution < 1.29 is 8.94 Å². The Hall–Kier alpha value is -1.45. The first kappa shape index (κ1) is 4.43. The molecule has 0 atom stereocenters. The van der Waals surface area contributed by atoms with Crippen molar-refractivity contribution in [2.75, 3.05) is 5.73 Å². The van der Waals surface area contributed by atoms with E-state index in [1.54, 1.807) is 6.07 Å². The Morgan fingerprint density at radius 3 is 3.22 bits per heavy atom. The molecule has 2 rings (SSSR count). The molecule has 2 heterocycles. The van der Waals surface area contributed by atoms with Gasteiger partial charge in [0.05, 0.1) is 6.26 Å². The molecule has 0 bridgehead atoms. The molecule has 46 valence electrons. The van der Waals surface area contributed by atoms with Crippen LogP contribution in [0.2, 0.25) is 0 Å². The lowest BCUT2D eigenvalue weighted by Crippen LogP contribution is -1.81. The van der Waals surface area contributed by atoms with Gasteiger partial charge < -0.3 is 14.7 Å². The number of nitrogens with two attached hydrogens (primary N) is 1. The number of furan rings is 1. The lowest BCUT2D eigenvalue weighted by Gasteiger charge is -1.72. The zero-order valence-electron chi connectivity index (χ0n) is 4.50. The summed E-state index contributed by atoms with van der Waals surface area (Å²) >= 11 is 0. The Bertz CT molecular complexity index is 322. The molecule has 0 aliphatic heterocycles. The van der Waals surface area contributed by atoms with Crippen molar-refractivity contribution in [1.29, 1.82) is 0 Å². The highest BCUT2D eigenvalue weighted by Gasteiger charge is 2.05. The van der Waals surface area contributed by atoms with E-state index in [0.29, 0.717) is 17.0 Å². The number of fused-ring (bicyclic) bond motifs is 1. The largest absolute Gasteiger partial charge is 0.457 e. The average Bonchev–Trinajstić information content (AvgIpc) is 2.35. The van der Waals surface area contributed by atoms with Crippen LogP contribution in [0, 0.1) is 0 Å². The summed E-state index contributed by atoms with van der Waals surface area (Å²) in [6, 6.07) is 1.67. The van der Waals surface area contributed by atoms with Gasteiger partial charge in [-0.2, -0.15) is 0 Å².